The van der Waals surface area contributed by atoms with Crippen molar-refractivity contribution in [1.29, 1.82) is 0 Å². The Morgan fingerprint density at radius 2 is 1.85 bits per heavy atom. The van der Waals surface area contributed by atoms with E-state index in [1.807, 2.05) is 32.2 Å². The minimum atomic E-state index is -0.583. The van der Waals surface area contributed by atoms with Crippen LogP contribution in [-0.4, -0.2) is 40.6 Å². The summed E-state index contributed by atoms with van der Waals surface area (Å²) in [7, 11) is 0. The van der Waals surface area contributed by atoms with Crippen LogP contribution in [0.1, 0.15) is 74.7 Å². The van der Waals surface area contributed by atoms with Crippen molar-refractivity contribution in [2.75, 3.05) is 11.9 Å². The summed E-state index contributed by atoms with van der Waals surface area (Å²) < 4.78 is 5.46. The van der Waals surface area contributed by atoms with Gasteiger partial charge in [0.2, 0.25) is 5.91 Å². The van der Waals surface area contributed by atoms with Gasteiger partial charge in [-0.1, -0.05) is 31.7 Å². The summed E-state index contributed by atoms with van der Waals surface area (Å²) in [4.78, 5) is 42.2. The monoisotopic (exact) mass is 492 g/mol. The minimum absolute atomic E-state index is 0.105. The van der Waals surface area contributed by atoms with E-state index in [0.717, 1.165) is 38.5 Å². The molecule has 180 valence electrons. The highest BCUT2D eigenvalue weighted by Gasteiger charge is 2.34. The maximum atomic E-state index is 12.6. The molecule has 0 saturated heterocycles. The van der Waals surface area contributed by atoms with E-state index in [1.54, 1.807) is 11.4 Å². The Hall–Kier alpha value is -2.46. The number of ether oxygens (including phenoxy) is 1. The van der Waals surface area contributed by atoms with Gasteiger partial charge in [0.15, 0.2) is 5.13 Å². The van der Waals surface area contributed by atoms with Gasteiger partial charge in [0.25, 0.3) is 5.91 Å². The molecule has 0 spiro atoms. The highest BCUT2D eigenvalue weighted by Crippen LogP contribution is 2.27. The second-order valence-electron chi connectivity index (χ2n) is 9.35. The van der Waals surface area contributed by atoms with Crippen molar-refractivity contribution in [3.63, 3.8) is 0 Å². The lowest BCUT2D eigenvalue weighted by Crippen LogP contribution is -2.56. The standard InChI is InChI=1S/C23H32N4O4S2/c1-22(2,3)31-21(30)27-23(10-6-4-5-7-11-23)15-24-18(28)13-16-14-33-20(25-16)26-19(29)17-9-8-12-32-17/h8-9,12,14H,4-7,10-11,13,15H2,1-3H3,(H,24,28)(H,27,30)(H,25,26,29). The van der Waals surface area contributed by atoms with Crippen LogP contribution >= 0.6 is 22.7 Å². The van der Waals surface area contributed by atoms with E-state index in [2.05, 4.69) is 20.9 Å². The Bertz CT molecular complexity index is 942. The SMILES string of the molecule is CC(C)(C)OC(=O)NC1(CNC(=O)Cc2csc(NC(=O)c3cccs3)n2)CCCCCC1. The molecule has 0 unspecified atom stereocenters. The van der Waals surface area contributed by atoms with E-state index in [-0.39, 0.29) is 18.2 Å². The number of alkyl carbamates (subject to hydrolysis) is 1. The third-order valence-electron chi connectivity index (χ3n) is 5.31. The number of rotatable bonds is 7. The van der Waals surface area contributed by atoms with Crippen molar-refractivity contribution in [2.45, 2.75) is 76.9 Å². The van der Waals surface area contributed by atoms with Crippen LogP contribution in [0.15, 0.2) is 22.9 Å². The molecular formula is C23H32N4O4S2. The highest BCUT2D eigenvalue weighted by molar-refractivity contribution is 7.14. The molecule has 0 bridgehead atoms. The molecule has 1 saturated carbocycles. The maximum Gasteiger partial charge on any atom is 0.408 e. The van der Waals surface area contributed by atoms with Gasteiger partial charge < -0.3 is 15.4 Å². The molecule has 10 heteroatoms. The number of amides is 3. The molecule has 3 N–H and O–H groups in total. The molecule has 0 aliphatic heterocycles. The summed E-state index contributed by atoms with van der Waals surface area (Å²) in [5.74, 6) is -0.384. The Labute approximate surface area is 202 Å². The first kappa shape index (κ1) is 25.2. The average molecular weight is 493 g/mol. The number of thiophene rings is 1. The Morgan fingerprint density at radius 1 is 1.12 bits per heavy atom. The van der Waals surface area contributed by atoms with Crippen LogP contribution < -0.4 is 16.0 Å². The normalized spacial score (nSPS) is 15.8. The second kappa shape index (κ2) is 11.1. The largest absolute Gasteiger partial charge is 0.444 e. The molecule has 33 heavy (non-hydrogen) atoms. The van der Waals surface area contributed by atoms with Gasteiger partial charge in [0.05, 0.1) is 22.5 Å². The maximum absolute atomic E-state index is 12.6. The van der Waals surface area contributed by atoms with E-state index in [1.165, 1.54) is 22.7 Å². The first-order valence-corrected chi connectivity index (χ1v) is 13.0. The molecule has 2 aromatic heterocycles. The van der Waals surface area contributed by atoms with Crippen molar-refractivity contribution < 1.29 is 19.1 Å². The molecule has 2 heterocycles. The van der Waals surface area contributed by atoms with Gasteiger partial charge in [-0.15, -0.1) is 22.7 Å². The van der Waals surface area contributed by atoms with E-state index < -0.39 is 17.2 Å². The average Bonchev–Trinajstić information content (AvgIpc) is 3.35. The summed E-state index contributed by atoms with van der Waals surface area (Å²) >= 11 is 2.64. The van der Waals surface area contributed by atoms with Crippen LogP contribution in [-0.2, 0) is 16.0 Å². The third-order valence-corrected chi connectivity index (χ3v) is 6.98. The lowest BCUT2D eigenvalue weighted by Gasteiger charge is -2.35. The number of thiazole rings is 1. The summed E-state index contributed by atoms with van der Waals surface area (Å²) in [6.45, 7) is 5.84. The predicted octanol–water partition coefficient (Wildman–Crippen LogP) is 4.73. The number of hydrogen-bond donors (Lipinski definition) is 3. The van der Waals surface area contributed by atoms with Crippen LogP contribution in [0, 0.1) is 0 Å². The van der Waals surface area contributed by atoms with Gasteiger partial charge in [-0.2, -0.15) is 0 Å². The zero-order valence-corrected chi connectivity index (χ0v) is 21.0. The fourth-order valence-electron chi connectivity index (χ4n) is 3.78. The summed E-state index contributed by atoms with van der Waals surface area (Å²) in [6.07, 6.45) is 5.45. The van der Waals surface area contributed by atoms with Crippen LogP contribution in [0.4, 0.5) is 9.93 Å². The number of nitrogens with one attached hydrogen (secondary N) is 3. The predicted molar refractivity (Wildman–Crippen MR) is 131 cm³/mol. The van der Waals surface area contributed by atoms with E-state index >= 15 is 0 Å². The van der Waals surface area contributed by atoms with Crippen molar-refractivity contribution >= 4 is 45.7 Å². The Kier molecular flexibility index (Phi) is 8.47. The van der Waals surface area contributed by atoms with Crippen LogP contribution in [0.25, 0.3) is 0 Å². The molecule has 0 atom stereocenters. The second-order valence-corrected chi connectivity index (χ2v) is 11.2. The summed E-state index contributed by atoms with van der Waals surface area (Å²) in [5, 5.41) is 12.9. The van der Waals surface area contributed by atoms with E-state index in [4.69, 9.17) is 4.74 Å². The lowest BCUT2D eigenvalue weighted by molar-refractivity contribution is -0.120. The summed E-state index contributed by atoms with van der Waals surface area (Å²) in [6, 6.07) is 3.56. The van der Waals surface area contributed by atoms with Gasteiger partial charge >= 0.3 is 6.09 Å². The first-order chi connectivity index (χ1) is 15.6. The molecule has 1 aliphatic carbocycles. The highest BCUT2D eigenvalue weighted by atomic mass is 32.1. The van der Waals surface area contributed by atoms with Crippen LogP contribution in [0.2, 0.25) is 0 Å². The minimum Gasteiger partial charge on any atom is -0.444 e. The molecule has 3 amide bonds. The summed E-state index contributed by atoms with van der Waals surface area (Å²) in [5.41, 5.74) is -0.509. The number of aromatic nitrogens is 1. The third kappa shape index (κ3) is 8.12. The molecule has 1 fully saturated rings. The van der Waals surface area contributed by atoms with E-state index in [0.29, 0.717) is 22.2 Å². The van der Waals surface area contributed by atoms with Crippen molar-refractivity contribution in [3.05, 3.63) is 33.5 Å². The van der Waals surface area contributed by atoms with Gasteiger partial charge in [0.1, 0.15) is 5.60 Å². The number of hydrogen-bond acceptors (Lipinski definition) is 7. The molecule has 3 rings (SSSR count). The number of anilines is 1. The van der Waals surface area contributed by atoms with E-state index in [9.17, 15) is 14.4 Å². The first-order valence-electron chi connectivity index (χ1n) is 11.2. The number of nitrogens with zero attached hydrogens (tertiary/aromatic N) is 1. The van der Waals surface area contributed by atoms with Gasteiger partial charge in [0, 0.05) is 11.9 Å². The topological polar surface area (TPSA) is 109 Å². The Balaban J connectivity index is 1.55. The molecule has 0 radical (unpaired) electrons. The van der Waals surface area contributed by atoms with Crippen molar-refractivity contribution in [1.82, 2.24) is 15.6 Å². The van der Waals surface area contributed by atoms with Gasteiger partial charge in [-0.25, -0.2) is 9.78 Å². The van der Waals surface area contributed by atoms with Crippen LogP contribution in [0.5, 0.6) is 0 Å². The molecule has 2 aromatic rings. The van der Waals surface area contributed by atoms with Crippen LogP contribution in [0.3, 0.4) is 0 Å². The molecule has 0 aromatic carbocycles. The smallest absolute Gasteiger partial charge is 0.408 e. The fraction of sp³-hybridized carbons (Fsp3) is 0.565. The quantitative estimate of drug-likeness (QED) is 0.484. The zero-order valence-electron chi connectivity index (χ0n) is 19.4. The lowest BCUT2D eigenvalue weighted by atomic mass is 9.90. The Morgan fingerprint density at radius 3 is 2.48 bits per heavy atom. The number of carbonyl (C=O) groups excluding carboxylic acids is 3. The fourth-order valence-corrected chi connectivity index (χ4v) is 5.10. The molecule has 1 aliphatic rings. The van der Waals surface area contributed by atoms with Gasteiger partial charge in [-0.05, 0) is 45.1 Å². The molecule has 8 nitrogen and oxygen atoms in total. The molecular weight excluding hydrogens is 460 g/mol. The van der Waals surface area contributed by atoms with Gasteiger partial charge in [-0.3, -0.25) is 14.9 Å². The zero-order chi connectivity index (χ0) is 23.9. The van der Waals surface area contributed by atoms with Crippen molar-refractivity contribution in [3.8, 4) is 0 Å². The number of carbonyl (C=O) groups is 3. The van der Waals surface area contributed by atoms with Crippen molar-refractivity contribution in [2.24, 2.45) is 0 Å².